The number of aryl methyl sites for hydroxylation is 1. The van der Waals surface area contributed by atoms with Crippen LogP contribution < -0.4 is 10.5 Å². The van der Waals surface area contributed by atoms with Crippen molar-refractivity contribution in [1.82, 2.24) is 14.5 Å². The number of imidazole rings is 1. The molecular formula is C25H36N4O2. The van der Waals surface area contributed by atoms with Crippen LogP contribution in [0.2, 0.25) is 0 Å². The molecule has 31 heavy (non-hydrogen) atoms. The second kappa shape index (κ2) is 10.3. The monoisotopic (exact) mass is 424 g/mol. The van der Waals surface area contributed by atoms with Crippen LogP contribution in [0.5, 0.6) is 5.75 Å². The number of hydrogen-bond donors (Lipinski definition) is 1. The Morgan fingerprint density at radius 3 is 2.65 bits per heavy atom. The lowest BCUT2D eigenvalue weighted by Gasteiger charge is -2.15. The molecule has 0 amide bonds. The number of nitrogens with two attached hydrogens (primary N) is 1. The third kappa shape index (κ3) is 4.95. The van der Waals surface area contributed by atoms with Crippen molar-refractivity contribution in [2.45, 2.75) is 78.4 Å². The third-order valence-corrected chi connectivity index (χ3v) is 6.41. The molecule has 0 bridgehead atoms. The first-order valence-corrected chi connectivity index (χ1v) is 12.0. The highest BCUT2D eigenvalue weighted by atomic mass is 16.5. The summed E-state index contributed by atoms with van der Waals surface area (Å²) in [6, 6.07) is 6.13. The topological polar surface area (TPSA) is 75.2 Å². The van der Waals surface area contributed by atoms with Gasteiger partial charge in [-0.15, -0.1) is 0 Å². The SMILES string of the molecule is CCCn1c(COCC)nc2c(N)nc3ccc(OCCC4CCCCCC4)cc3c21. The van der Waals surface area contributed by atoms with Crippen molar-refractivity contribution in [2.24, 2.45) is 5.92 Å². The minimum absolute atomic E-state index is 0.470. The lowest BCUT2D eigenvalue weighted by Crippen LogP contribution is -2.07. The van der Waals surface area contributed by atoms with Crippen molar-refractivity contribution in [3.8, 4) is 5.75 Å². The molecule has 6 heteroatoms. The van der Waals surface area contributed by atoms with Crippen molar-refractivity contribution < 1.29 is 9.47 Å². The number of rotatable bonds is 9. The van der Waals surface area contributed by atoms with E-state index < -0.39 is 0 Å². The first kappa shape index (κ1) is 21.9. The van der Waals surface area contributed by atoms with Crippen LogP contribution in [0, 0.1) is 5.92 Å². The second-order valence-electron chi connectivity index (χ2n) is 8.68. The summed E-state index contributed by atoms with van der Waals surface area (Å²) in [4.78, 5) is 9.40. The lowest BCUT2D eigenvalue weighted by atomic mass is 9.97. The summed E-state index contributed by atoms with van der Waals surface area (Å²) in [5.41, 5.74) is 8.95. The molecule has 0 radical (unpaired) electrons. The molecule has 4 rings (SSSR count). The fourth-order valence-corrected chi connectivity index (χ4v) is 4.79. The highest BCUT2D eigenvalue weighted by Gasteiger charge is 2.18. The quantitative estimate of drug-likeness (QED) is 0.436. The Bertz CT molecular complexity index is 1010. The fourth-order valence-electron chi connectivity index (χ4n) is 4.79. The molecule has 6 nitrogen and oxygen atoms in total. The van der Waals surface area contributed by atoms with E-state index in [0.717, 1.165) is 65.4 Å². The number of ether oxygens (including phenoxy) is 2. The Hall–Kier alpha value is -2.34. The number of fused-ring (bicyclic) bond motifs is 3. The first-order chi connectivity index (χ1) is 15.2. The van der Waals surface area contributed by atoms with Crippen molar-refractivity contribution >= 4 is 27.8 Å². The molecule has 0 spiro atoms. The van der Waals surface area contributed by atoms with E-state index in [4.69, 9.17) is 20.2 Å². The van der Waals surface area contributed by atoms with Gasteiger partial charge in [-0.25, -0.2) is 9.97 Å². The van der Waals surface area contributed by atoms with E-state index >= 15 is 0 Å². The lowest BCUT2D eigenvalue weighted by molar-refractivity contribution is 0.126. The number of aromatic nitrogens is 3. The zero-order chi connectivity index (χ0) is 21.6. The molecule has 0 atom stereocenters. The van der Waals surface area contributed by atoms with Crippen molar-refractivity contribution in [3.63, 3.8) is 0 Å². The van der Waals surface area contributed by atoms with Gasteiger partial charge in [-0.3, -0.25) is 0 Å². The number of pyridine rings is 1. The van der Waals surface area contributed by atoms with Gasteiger partial charge in [-0.05, 0) is 43.9 Å². The van der Waals surface area contributed by atoms with Crippen LogP contribution in [0.4, 0.5) is 5.82 Å². The van der Waals surface area contributed by atoms with Gasteiger partial charge in [0.15, 0.2) is 5.82 Å². The van der Waals surface area contributed by atoms with E-state index in [1.54, 1.807) is 0 Å². The van der Waals surface area contributed by atoms with Gasteiger partial charge in [0.05, 0.1) is 17.6 Å². The highest BCUT2D eigenvalue weighted by molar-refractivity contribution is 6.07. The summed E-state index contributed by atoms with van der Waals surface area (Å²) in [5.74, 6) is 3.07. The molecule has 2 N–H and O–H groups in total. The standard InChI is InChI=1S/C25H36N4O2/c1-3-14-29-22(17-30-4-2)28-23-24(29)20-16-19(11-12-21(20)27-25(23)26)31-15-13-18-9-7-5-6-8-10-18/h11-12,16,18H,3-10,13-15,17H2,1-2H3,(H2,26,27). The number of hydrogen-bond acceptors (Lipinski definition) is 5. The van der Waals surface area contributed by atoms with Gasteiger partial charge in [0, 0.05) is 18.5 Å². The maximum absolute atomic E-state index is 6.28. The van der Waals surface area contributed by atoms with Crippen LogP contribution in [0.15, 0.2) is 18.2 Å². The van der Waals surface area contributed by atoms with Gasteiger partial charge in [0.1, 0.15) is 23.7 Å². The molecule has 1 fully saturated rings. The first-order valence-electron chi connectivity index (χ1n) is 12.0. The summed E-state index contributed by atoms with van der Waals surface area (Å²) in [6.07, 6.45) is 10.4. The van der Waals surface area contributed by atoms with Gasteiger partial charge in [-0.1, -0.05) is 45.4 Å². The molecule has 2 heterocycles. The van der Waals surface area contributed by atoms with E-state index in [2.05, 4.69) is 22.5 Å². The number of nitrogen functional groups attached to an aromatic ring is 1. The zero-order valence-corrected chi connectivity index (χ0v) is 19.0. The summed E-state index contributed by atoms with van der Waals surface area (Å²) >= 11 is 0. The Balaban J connectivity index is 1.62. The summed E-state index contributed by atoms with van der Waals surface area (Å²) in [6.45, 7) is 6.93. The van der Waals surface area contributed by atoms with Crippen molar-refractivity contribution in [3.05, 3.63) is 24.0 Å². The molecule has 1 aliphatic rings. The molecule has 1 aliphatic carbocycles. The van der Waals surface area contributed by atoms with Gasteiger partial charge in [0.2, 0.25) is 0 Å². The molecule has 3 aromatic rings. The Morgan fingerprint density at radius 1 is 1.10 bits per heavy atom. The zero-order valence-electron chi connectivity index (χ0n) is 19.0. The minimum Gasteiger partial charge on any atom is -0.494 e. The Kier molecular flexibility index (Phi) is 7.28. The van der Waals surface area contributed by atoms with Gasteiger partial charge in [0.25, 0.3) is 0 Å². The molecule has 0 aliphatic heterocycles. The smallest absolute Gasteiger partial charge is 0.152 e. The fraction of sp³-hybridized carbons (Fsp3) is 0.600. The van der Waals surface area contributed by atoms with Gasteiger partial charge in [-0.2, -0.15) is 0 Å². The predicted octanol–water partition coefficient (Wildman–Crippen LogP) is 5.85. The number of nitrogens with zero attached hydrogens (tertiary/aromatic N) is 3. The Labute approximate surface area is 185 Å². The number of anilines is 1. The number of benzene rings is 1. The highest BCUT2D eigenvalue weighted by Crippen LogP contribution is 2.32. The average molecular weight is 425 g/mol. The largest absolute Gasteiger partial charge is 0.494 e. The van der Waals surface area contributed by atoms with Crippen LogP contribution in [-0.4, -0.2) is 27.7 Å². The van der Waals surface area contributed by atoms with E-state index in [1.165, 1.54) is 38.5 Å². The van der Waals surface area contributed by atoms with Crippen LogP contribution in [-0.2, 0) is 17.9 Å². The second-order valence-corrected chi connectivity index (χ2v) is 8.68. The van der Waals surface area contributed by atoms with E-state index in [-0.39, 0.29) is 0 Å². The van der Waals surface area contributed by atoms with Gasteiger partial charge >= 0.3 is 0 Å². The summed E-state index contributed by atoms with van der Waals surface area (Å²) in [5, 5.41) is 1.04. The Morgan fingerprint density at radius 2 is 1.90 bits per heavy atom. The van der Waals surface area contributed by atoms with Crippen molar-refractivity contribution in [2.75, 3.05) is 18.9 Å². The molecule has 0 unspecified atom stereocenters. The van der Waals surface area contributed by atoms with Crippen LogP contribution in [0.25, 0.3) is 21.9 Å². The van der Waals surface area contributed by atoms with Gasteiger partial charge < -0.3 is 19.8 Å². The maximum Gasteiger partial charge on any atom is 0.152 e. The predicted molar refractivity (Wildman–Crippen MR) is 126 cm³/mol. The van der Waals surface area contributed by atoms with E-state index in [9.17, 15) is 0 Å². The average Bonchev–Trinajstić information content (AvgIpc) is 2.94. The molecule has 168 valence electrons. The molecule has 1 saturated carbocycles. The van der Waals surface area contributed by atoms with Crippen LogP contribution in [0.3, 0.4) is 0 Å². The maximum atomic E-state index is 6.28. The normalized spacial score (nSPS) is 15.5. The van der Waals surface area contributed by atoms with E-state index in [0.29, 0.717) is 19.0 Å². The minimum atomic E-state index is 0.470. The molecule has 2 aromatic heterocycles. The van der Waals surface area contributed by atoms with E-state index in [1.807, 2.05) is 19.1 Å². The molecule has 0 saturated heterocycles. The summed E-state index contributed by atoms with van der Waals surface area (Å²) < 4.78 is 14.1. The van der Waals surface area contributed by atoms with Crippen LogP contribution >= 0.6 is 0 Å². The molecule has 1 aromatic carbocycles. The summed E-state index contributed by atoms with van der Waals surface area (Å²) in [7, 11) is 0. The van der Waals surface area contributed by atoms with Crippen molar-refractivity contribution in [1.29, 1.82) is 0 Å². The van der Waals surface area contributed by atoms with Crippen LogP contribution in [0.1, 0.15) is 71.0 Å². The molecular weight excluding hydrogens is 388 g/mol. The third-order valence-electron chi connectivity index (χ3n) is 6.41.